The second kappa shape index (κ2) is 17.2. The molecule has 1 saturated heterocycles. The average Bonchev–Trinajstić information content (AvgIpc) is 2.79. The fourth-order valence-electron chi connectivity index (χ4n) is 4.13. The van der Waals surface area contributed by atoms with Crippen molar-refractivity contribution in [2.45, 2.75) is 140 Å². The molecule has 0 aromatic heterocycles. The first-order valence-corrected chi connectivity index (χ1v) is 12.7. The van der Waals surface area contributed by atoms with Crippen LogP contribution in [0.1, 0.15) is 103 Å². The highest BCUT2D eigenvalue weighted by molar-refractivity contribution is 5.86. The molecule has 0 aromatic carbocycles. The van der Waals surface area contributed by atoms with Crippen LogP contribution in [-0.2, 0) is 14.3 Å². The van der Waals surface area contributed by atoms with Crippen LogP contribution in [0.25, 0.3) is 0 Å². The molecule has 9 nitrogen and oxygen atoms in total. The van der Waals surface area contributed by atoms with Gasteiger partial charge < -0.3 is 35.6 Å². The molecule has 0 aromatic rings. The number of aliphatic hydroxyl groups excluding tert-OH is 4. The zero-order valence-electron chi connectivity index (χ0n) is 20.0. The van der Waals surface area contributed by atoms with Crippen LogP contribution in [0.2, 0.25) is 0 Å². The second-order valence-electron chi connectivity index (χ2n) is 9.20. The zero-order chi connectivity index (χ0) is 24.6. The quantitative estimate of drug-likeness (QED) is 0.165. The summed E-state index contributed by atoms with van der Waals surface area (Å²) in [4.78, 5) is 23.8. The number of aliphatic hydroxyl groups is 4. The molecule has 1 unspecified atom stereocenters. The summed E-state index contributed by atoms with van der Waals surface area (Å²) in [5.41, 5.74) is 0. The van der Waals surface area contributed by atoms with Gasteiger partial charge >= 0.3 is 5.97 Å². The molecule has 1 rings (SSSR count). The van der Waals surface area contributed by atoms with Crippen molar-refractivity contribution in [1.82, 2.24) is 5.32 Å². The number of hydrogen-bond donors (Lipinski definition) is 6. The van der Waals surface area contributed by atoms with Gasteiger partial charge in [0, 0.05) is 0 Å². The summed E-state index contributed by atoms with van der Waals surface area (Å²) < 4.78 is 4.84. The third-order valence-electron chi connectivity index (χ3n) is 6.31. The van der Waals surface area contributed by atoms with E-state index in [1.807, 2.05) is 0 Å². The van der Waals surface area contributed by atoms with E-state index in [4.69, 9.17) is 4.74 Å². The number of unbranched alkanes of at least 4 members (excludes halogenated alkanes) is 13. The van der Waals surface area contributed by atoms with Gasteiger partial charge in [-0.25, -0.2) is 4.79 Å². The molecule has 1 fully saturated rings. The van der Waals surface area contributed by atoms with E-state index in [2.05, 4.69) is 12.2 Å². The molecule has 6 N–H and O–H groups in total. The van der Waals surface area contributed by atoms with E-state index in [1.54, 1.807) is 0 Å². The lowest BCUT2D eigenvalue weighted by atomic mass is 9.98. The van der Waals surface area contributed by atoms with Gasteiger partial charge in [-0.2, -0.15) is 0 Å². The van der Waals surface area contributed by atoms with Crippen molar-refractivity contribution < 1.29 is 39.9 Å². The second-order valence-corrected chi connectivity index (χ2v) is 9.20. The Kier molecular flexibility index (Phi) is 15.5. The first-order valence-electron chi connectivity index (χ1n) is 12.7. The number of carboxylic acid groups (broad SMARTS) is 1. The lowest BCUT2D eigenvalue weighted by molar-refractivity contribution is -0.275. The number of carbonyl (C=O) groups is 2. The number of ether oxygens (including phenoxy) is 1. The predicted octanol–water partition coefficient (Wildman–Crippen LogP) is 2.23. The predicted molar refractivity (Wildman–Crippen MR) is 123 cm³/mol. The van der Waals surface area contributed by atoms with E-state index in [0.717, 1.165) is 19.3 Å². The lowest BCUT2D eigenvalue weighted by Gasteiger charge is -2.37. The van der Waals surface area contributed by atoms with Crippen molar-refractivity contribution in [3.8, 4) is 0 Å². The van der Waals surface area contributed by atoms with Gasteiger partial charge in [-0.1, -0.05) is 96.8 Å². The van der Waals surface area contributed by atoms with Crippen LogP contribution in [0.3, 0.4) is 0 Å². The normalized spacial score (nSPS) is 26.2. The fourth-order valence-corrected chi connectivity index (χ4v) is 4.13. The SMILES string of the molecule is CCCCCCCCCCCCCCCCC(NC(=O)[C@H]1O[C@@H](O)[C@H](O)[C@@H](O)[C@@H]1O)C(=O)O. The number of amides is 1. The van der Waals surface area contributed by atoms with E-state index < -0.39 is 48.6 Å². The van der Waals surface area contributed by atoms with E-state index in [-0.39, 0.29) is 6.42 Å². The first-order chi connectivity index (χ1) is 15.8. The summed E-state index contributed by atoms with van der Waals surface area (Å²) in [6.07, 6.45) is 8.02. The number of carbonyl (C=O) groups excluding carboxylic acids is 1. The molecule has 6 atom stereocenters. The zero-order valence-corrected chi connectivity index (χ0v) is 20.0. The molecule has 0 spiro atoms. The Hall–Kier alpha value is -1.26. The van der Waals surface area contributed by atoms with Crippen LogP contribution >= 0.6 is 0 Å². The smallest absolute Gasteiger partial charge is 0.326 e. The Morgan fingerprint density at radius 2 is 1.18 bits per heavy atom. The Morgan fingerprint density at radius 3 is 1.64 bits per heavy atom. The van der Waals surface area contributed by atoms with Crippen molar-refractivity contribution in [2.24, 2.45) is 0 Å². The molecule has 1 heterocycles. The maximum absolute atomic E-state index is 12.3. The molecule has 0 saturated carbocycles. The molecular weight excluding hydrogens is 430 g/mol. The third kappa shape index (κ3) is 11.6. The first kappa shape index (κ1) is 29.8. The summed E-state index contributed by atoms with van der Waals surface area (Å²) in [6.45, 7) is 2.23. The molecule has 1 aliphatic heterocycles. The molecule has 0 radical (unpaired) electrons. The Bertz CT molecular complexity index is 547. The average molecular weight is 476 g/mol. The highest BCUT2D eigenvalue weighted by atomic mass is 16.6. The molecule has 9 heteroatoms. The number of aliphatic carboxylic acids is 1. The molecular formula is C24H45NO8. The van der Waals surface area contributed by atoms with Crippen molar-refractivity contribution >= 4 is 11.9 Å². The lowest BCUT2D eigenvalue weighted by Crippen LogP contribution is -2.62. The minimum Gasteiger partial charge on any atom is -0.480 e. The van der Waals surface area contributed by atoms with Crippen LogP contribution in [0.15, 0.2) is 0 Å². The largest absolute Gasteiger partial charge is 0.480 e. The molecule has 0 bridgehead atoms. The minimum absolute atomic E-state index is 0.232. The molecule has 33 heavy (non-hydrogen) atoms. The standard InChI is InChI=1S/C24H45NO8/c1-2-3-4-5-6-7-8-9-10-11-12-13-14-15-16-17(23(30)31)25-22(29)21-19(27)18(26)20(28)24(32)33-21/h17-21,24,26-28,32H,2-16H2,1H3,(H,25,29)(H,30,31)/t17?,18-,19-,20+,21-,24+/m0/s1. The summed E-state index contributed by atoms with van der Waals surface area (Å²) in [5, 5.41) is 50.3. The van der Waals surface area contributed by atoms with E-state index in [0.29, 0.717) is 6.42 Å². The van der Waals surface area contributed by atoms with E-state index >= 15 is 0 Å². The number of rotatable bonds is 18. The molecule has 1 aliphatic rings. The van der Waals surface area contributed by atoms with Crippen molar-refractivity contribution in [3.63, 3.8) is 0 Å². The van der Waals surface area contributed by atoms with Gasteiger partial charge in [0.15, 0.2) is 12.4 Å². The molecule has 1 amide bonds. The summed E-state index contributed by atoms with van der Waals surface area (Å²) in [5.74, 6) is -2.16. The van der Waals surface area contributed by atoms with Crippen LogP contribution in [0.5, 0.6) is 0 Å². The molecule has 194 valence electrons. The van der Waals surface area contributed by atoms with Gasteiger partial charge in [-0.15, -0.1) is 0 Å². The highest BCUT2D eigenvalue weighted by Crippen LogP contribution is 2.20. The van der Waals surface area contributed by atoms with Gasteiger partial charge in [0.25, 0.3) is 5.91 Å². The van der Waals surface area contributed by atoms with Gasteiger partial charge in [0.2, 0.25) is 0 Å². The third-order valence-corrected chi connectivity index (χ3v) is 6.31. The van der Waals surface area contributed by atoms with Crippen LogP contribution in [-0.4, -0.2) is 74.2 Å². The fraction of sp³-hybridized carbons (Fsp3) is 0.917. The Balaban J connectivity index is 2.15. The van der Waals surface area contributed by atoms with Gasteiger partial charge in [0.1, 0.15) is 24.4 Å². The minimum atomic E-state index is -1.85. The van der Waals surface area contributed by atoms with Crippen LogP contribution < -0.4 is 5.32 Å². The number of nitrogens with one attached hydrogen (secondary N) is 1. The van der Waals surface area contributed by atoms with E-state index in [9.17, 15) is 35.1 Å². The van der Waals surface area contributed by atoms with Crippen molar-refractivity contribution in [1.29, 1.82) is 0 Å². The Labute approximate surface area is 197 Å². The highest BCUT2D eigenvalue weighted by Gasteiger charge is 2.46. The monoisotopic (exact) mass is 475 g/mol. The van der Waals surface area contributed by atoms with Gasteiger partial charge in [-0.05, 0) is 6.42 Å². The van der Waals surface area contributed by atoms with Gasteiger partial charge in [-0.3, -0.25) is 4.79 Å². The summed E-state index contributed by atoms with van der Waals surface area (Å²) in [6, 6.07) is -1.16. The van der Waals surface area contributed by atoms with Crippen molar-refractivity contribution in [3.05, 3.63) is 0 Å². The summed E-state index contributed by atoms with van der Waals surface area (Å²) in [7, 11) is 0. The van der Waals surface area contributed by atoms with Crippen LogP contribution in [0.4, 0.5) is 0 Å². The summed E-state index contributed by atoms with van der Waals surface area (Å²) >= 11 is 0. The maximum Gasteiger partial charge on any atom is 0.326 e. The van der Waals surface area contributed by atoms with Crippen molar-refractivity contribution in [2.75, 3.05) is 0 Å². The van der Waals surface area contributed by atoms with E-state index in [1.165, 1.54) is 64.2 Å². The Morgan fingerprint density at radius 1 is 0.727 bits per heavy atom. The molecule has 0 aliphatic carbocycles. The maximum atomic E-state index is 12.3. The van der Waals surface area contributed by atoms with Gasteiger partial charge in [0.05, 0.1) is 0 Å². The number of hydrogen-bond acceptors (Lipinski definition) is 7. The van der Waals surface area contributed by atoms with Crippen LogP contribution in [0, 0.1) is 0 Å². The number of carboxylic acids is 1. The topological polar surface area (TPSA) is 157 Å².